The van der Waals surface area contributed by atoms with E-state index in [0.717, 1.165) is 18.7 Å². The number of aromatic nitrogens is 3. The number of nitrogens with one attached hydrogen (secondary N) is 1. The molecule has 3 heterocycles. The number of nitrogens with zero attached hydrogens (tertiary/aromatic N) is 4. The summed E-state index contributed by atoms with van der Waals surface area (Å²) in [6.45, 7) is 3.54. The van der Waals surface area contributed by atoms with Gasteiger partial charge in [0.15, 0.2) is 5.82 Å². The number of hydrogen-bond acceptors (Lipinski definition) is 4. The third-order valence-corrected chi connectivity index (χ3v) is 4.60. The zero-order valence-electron chi connectivity index (χ0n) is 11.7. The quantitative estimate of drug-likeness (QED) is 0.937. The van der Waals surface area contributed by atoms with E-state index in [2.05, 4.69) is 20.3 Å². The van der Waals surface area contributed by atoms with Crippen LogP contribution in [0.15, 0.2) is 30.9 Å². The van der Waals surface area contributed by atoms with Crippen molar-refractivity contribution in [3.63, 3.8) is 0 Å². The summed E-state index contributed by atoms with van der Waals surface area (Å²) in [5.41, 5.74) is 1.27. The van der Waals surface area contributed by atoms with Gasteiger partial charge in [0.25, 0.3) is 0 Å². The van der Waals surface area contributed by atoms with Crippen LogP contribution in [0.3, 0.4) is 0 Å². The van der Waals surface area contributed by atoms with Crippen LogP contribution in [0.25, 0.3) is 5.69 Å². The number of rotatable bonds is 3. The lowest BCUT2D eigenvalue weighted by Gasteiger charge is -2.31. The Morgan fingerprint density at radius 2 is 2.14 bits per heavy atom. The van der Waals surface area contributed by atoms with Crippen LogP contribution in [0.2, 0.25) is 0 Å². The number of anilines is 1. The van der Waals surface area contributed by atoms with Crippen molar-refractivity contribution in [3.05, 3.63) is 36.7 Å². The van der Waals surface area contributed by atoms with E-state index in [1.807, 2.05) is 6.07 Å². The predicted octanol–water partition coefficient (Wildman–Crippen LogP) is 1.91. The van der Waals surface area contributed by atoms with Crippen molar-refractivity contribution in [1.82, 2.24) is 19.7 Å². The summed E-state index contributed by atoms with van der Waals surface area (Å²) in [6, 6.07) is 5.68. The first-order valence-electron chi connectivity index (χ1n) is 7.43. The molecule has 110 valence electrons. The van der Waals surface area contributed by atoms with E-state index >= 15 is 0 Å². The highest BCUT2D eigenvalue weighted by Gasteiger charge is 2.34. The standard InChI is InChI=1S/C15H18FN5/c16-13-7-12(1-2-15(13)21-10-17-9-18-21)19-14-4-6-20-5-3-11(14)8-20/h1-2,7,9-11,14,19H,3-6,8H2. The second-order valence-corrected chi connectivity index (χ2v) is 5.90. The molecular weight excluding hydrogens is 269 g/mol. The molecule has 2 aliphatic rings. The number of piperidine rings is 1. The Hall–Kier alpha value is -1.95. The third-order valence-electron chi connectivity index (χ3n) is 4.60. The Morgan fingerprint density at radius 1 is 1.24 bits per heavy atom. The van der Waals surface area contributed by atoms with E-state index in [-0.39, 0.29) is 5.82 Å². The molecule has 21 heavy (non-hydrogen) atoms. The molecule has 1 aromatic heterocycles. The van der Waals surface area contributed by atoms with Crippen LogP contribution in [0.1, 0.15) is 12.8 Å². The van der Waals surface area contributed by atoms with Gasteiger partial charge in [-0.2, -0.15) is 5.10 Å². The molecule has 0 aliphatic carbocycles. The molecular formula is C15H18FN5. The second-order valence-electron chi connectivity index (χ2n) is 5.90. The van der Waals surface area contributed by atoms with Crippen molar-refractivity contribution in [2.24, 2.45) is 5.92 Å². The highest BCUT2D eigenvalue weighted by atomic mass is 19.1. The van der Waals surface area contributed by atoms with E-state index in [1.165, 1.54) is 36.8 Å². The minimum absolute atomic E-state index is 0.283. The van der Waals surface area contributed by atoms with E-state index in [4.69, 9.17) is 0 Å². The van der Waals surface area contributed by atoms with Gasteiger partial charge in [0, 0.05) is 24.8 Å². The van der Waals surface area contributed by atoms with Crippen molar-refractivity contribution < 1.29 is 4.39 Å². The van der Waals surface area contributed by atoms with Gasteiger partial charge in [-0.1, -0.05) is 0 Å². The van der Waals surface area contributed by atoms with Crippen molar-refractivity contribution in [2.45, 2.75) is 18.9 Å². The summed E-state index contributed by atoms with van der Waals surface area (Å²) in [7, 11) is 0. The lowest BCUT2D eigenvalue weighted by molar-refractivity contribution is 0.255. The molecule has 3 atom stereocenters. The van der Waals surface area contributed by atoms with Crippen LogP contribution in [0.4, 0.5) is 10.1 Å². The Morgan fingerprint density at radius 3 is 2.95 bits per heavy atom. The van der Waals surface area contributed by atoms with Crippen molar-refractivity contribution >= 4 is 5.69 Å². The molecule has 2 aromatic rings. The Bertz CT molecular complexity index is 627. The van der Waals surface area contributed by atoms with Crippen LogP contribution in [0, 0.1) is 11.7 Å². The molecule has 1 N–H and O–H groups in total. The van der Waals surface area contributed by atoms with Crippen LogP contribution in [-0.2, 0) is 0 Å². The maximum Gasteiger partial charge on any atom is 0.150 e. The molecule has 0 amide bonds. The molecule has 0 radical (unpaired) electrons. The van der Waals surface area contributed by atoms with Gasteiger partial charge in [0.05, 0.1) is 0 Å². The Labute approximate surface area is 122 Å². The van der Waals surface area contributed by atoms with Crippen molar-refractivity contribution in [2.75, 3.05) is 25.0 Å². The van der Waals surface area contributed by atoms with E-state index in [0.29, 0.717) is 17.6 Å². The molecule has 0 spiro atoms. The fourth-order valence-corrected chi connectivity index (χ4v) is 3.47. The highest BCUT2D eigenvalue weighted by molar-refractivity contribution is 5.50. The van der Waals surface area contributed by atoms with Crippen LogP contribution in [-0.4, -0.2) is 45.3 Å². The average Bonchev–Trinajstić information content (AvgIpc) is 3.13. The third kappa shape index (κ3) is 2.40. The van der Waals surface area contributed by atoms with E-state index in [1.54, 1.807) is 12.1 Å². The number of benzene rings is 1. The Kier molecular flexibility index (Phi) is 3.11. The summed E-state index contributed by atoms with van der Waals surface area (Å²) in [5.74, 6) is 0.408. The van der Waals surface area contributed by atoms with Gasteiger partial charge >= 0.3 is 0 Å². The maximum absolute atomic E-state index is 14.2. The minimum Gasteiger partial charge on any atom is -0.382 e. The average molecular weight is 287 g/mol. The van der Waals surface area contributed by atoms with E-state index < -0.39 is 0 Å². The summed E-state index contributed by atoms with van der Waals surface area (Å²) < 4.78 is 15.7. The van der Waals surface area contributed by atoms with Crippen LogP contribution in [0.5, 0.6) is 0 Å². The molecule has 4 rings (SSSR count). The van der Waals surface area contributed by atoms with Gasteiger partial charge < -0.3 is 10.2 Å². The molecule has 5 nitrogen and oxygen atoms in total. The van der Waals surface area contributed by atoms with Crippen molar-refractivity contribution in [3.8, 4) is 5.69 Å². The topological polar surface area (TPSA) is 46.0 Å². The molecule has 2 saturated heterocycles. The van der Waals surface area contributed by atoms with Gasteiger partial charge in [-0.25, -0.2) is 14.1 Å². The molecule has 2 fully saturated rings. The SMILES string of the molecule is Fc1cc(NC2CCN3CCC2C3)ccc1-n1cncn1. The van der Waals surface area contributed by atoms with Crippen LogP contribution >= 0.6 is 0 Å². The first kappa shape index (κ1) is 12.8. The zero-order chi connectivity index (χ0) is 14.2. The maximum atomic E-state index is 14.2. The lowest BCUT2D eigenvalue weighted by atomic mass is 9.94. The largest absolute Gasteiger partial charge is 0.382 e. The zero-order valence-corrected chi connectivity index (χ0v) is 11.7. The molecule has 3 unspecified atom stereocenters. The second kappa shape index (κ2) is 5.11. The van der Waals surface area contributed by atoms with Gasteiger partial charge in [-0.15, -0.1) is 0 Å². The minimum atomic E-state index is -0.283. The van der Waals surface area contributed by atoms with Gasteiger partial charge in [0.1, 0.15) is 18.3 Å². The molecule has 2 aliphatic heterocycles. The number of hydrogen-bond donors (Lipinski definition) is 1. The molecule has 1 aromatic carbocycles. The molecule has 0 saturated carbocycles. The highest BCUT2D eigenvalue weighted by Crippen LogP contribution is 2.30. The molecule has 2 bridgehead atoms. The smallest absolute Gasteiger partial charge is 0.150 e. The van der Waals surface area contributed by atoms with Gasteiger partial charge in [0.2, 0.25) is 0 Å². The first-order valence-corrected chi connectivity index (χ1v) is 7.43. The Balaban J connectivity index is 1.52. The van der Waals surface area contributed by atoms with Gasteiger partial charge in [-0.3, -0.25) is 0 Å². The van der Waals surface area contributed by atoms with Crippen molar-refractivity contribution in [1.29, 1.82) is 0 Å². The fourth-order valence-electron chi connectivity index (χ4n) is 3.47. The predicted molar refractivity (Wildman–Crippen MR) is 77.9 cm³/mol. The summed E-state index contributed by atoms with van der Waals surface area (Å²) in [4.78, 5) is 6.36. The number of fused-ring (bicyclic) bond motifs is 2. The monoisotopic (exact) mass is 287 g/mol. The molecule has 6 heteroatoms. The van der Waals surface area contributed by atoms with Crippen LogP contribution < -0.4 is 5.32 Å². The summed E-state index contributed by atoms with van der Waals surface area (Å²) in [6.07, 6.45) is 5.29. The number of halogens is 1. The fraction of sp³-hybridized carbons (Fsp3) is 0.467. The normalized spacial score (nSPS) is 27.8. The van der Waals surface area contributed by atoms with Gasteiger partial charge in [-0.05, 0) is 43.5 Å². The first-order chi connectivity index (χ1) is 10.3. The summed E-state index contributed by atoms with van der Waals surface area (Å²) in [5, 5.41) is 7.47. The van der Waals surface area contributed by atoms with E-state index in [9.17, 15) is 4.39 Å². The summed E-state index contributed by atoms with van der Waals surface area (Å²) >= 11 is 0. The lowest BCUT2D eigenvalue weighted by Crippen LogP contribution is -2.39.